The molecule has 2 fully saturated rings. The number of nitrogens with one attached hydrogen (secondary N) is 1. The minimum Gasteiger partial charge on any atom is -0.492 e. The third kappa shape index (κ3) is 5.71. The highest BCUT2D eigenvalue weighted by Gasteiger charge is 2.40. The number of hydrogen-bond donors (Lipinski definition) is 1. The molecule has 1 saturated carbocycles. The van der Waals surface area contributed by atoms with E-state index in [0.29, 0.717) is 13.2 Å². The monoisotopic (exact) mass is 388 g/mol. The molecule has 1 aromatic carbocycles. The first-order valence-electron chi connectivity index (χ1n) is 11.0. The van der Waals surface area contributed by atoms with Crippen molar-refractivity contribution in [1.82, 2.24) is 4.90 Å². The van der Waals surface area contributed by atoms with Crippen molar-refractivity contribution < 1.29 is 14.3 Å². The van der Waals surface area contributed by atoms with Gasteiger partial charge in [0.1, 0.15) is 18.0 Å². The Hall–Kier alpha value is -1.59. The highest BCUT2D eigenvalue weighted by molar-refractivity contribution is 5.97. The van der Waals surface area contributed by atoms with Gasteiger partial charge in [0.05, 0.1) is 0 Å². The van der Waals surface area contributed by atoms with Crippen LogP contribution in [0.4, 0.5) is 5.69 Å². The molecule has 1 atom stereocenters. The van der Waals surface area contributed by atoms with Gasteiger partial charge in [0.25, 0.3) is 5.91 Å². The minimum atomic E-state index is -0.659. The summed E-state index contributed by atoms with van der Waals surface area (Å²) < 4.78 is 11.8. The molecule has 1 aromatic rings. The maximum absolute atomic E-state index is 12.9. The highest BCUT2D eigenvalue weighted by Crippen LogP contribution is 2.33. The van der Waals surface area contributed by atoms with Gasteiger partial charge in [-0.3, -0.25) is 9.69 Å². The molecule has 1 aliphatic heterocycles. The Labute approximate surface area is 169 Å². The van der Waals surface area contributed by atoms with Gasteiger partial charge < -0.3 is 14.8 Å². The van der Waals surface area contributed by atoms with Crippen molar-refractivity contribution in [3.63, 3.8) is 0 Å². The predicted molar refractivity (Wildman–Crippen MR) is 113 cm³/mol. The fourth-order valence-corrected chi connectivity index (χ4v) is 4.50. The first-order chi connectivity index (χ1) is 13.6. The van der Waals surface area contributed by atoms with Gasteiger partial charge in [0.2, 0.25) is 0 Å². The summed E-state index contributed by atoms with van der Waals surface area (Å²) >= 11 is 0. The van der Waals surface area contributed by atoms with Gasteiger partial charge in [-0.15, -0.1) is 0 Å². The molecular weight excluding hydrogens is 352 g/mol. The number of benzene rings is 1. The second-order valence-electron chi connectivity index (χ2n) is 8.36. The van der Waals surface area contributed by atoms with Crippen molar-refractivity contribution in [1.29, 1.82) is 0 Å². The van der Waals surface area contributed by atoms with E-state index in [2.05, 4.69) is 17.1 Å². The van der Waals surface area contributed by atoms with Gasteiger partial charge in [-0.2, -0.15) is 0 Å². The number of carbonyl (C=O) groups excluding carboxylic acids is 1. The van der Waals surface area contributed by atoms with E-state index in [4.69, 9.17) is 9.47 Å². The first kappa shape index (κ1) is 21.1. The molecule has 1 saturated heterocycles. The van der Waals surface area contributed by atoms with Gasteiger partial charge in [-0.1, -0.05) is 26.2 Å². The number of anilines is 1. The molecule has 5 nitrogen and oxygen atoms in total. The van der Waals surface area contributed by atoms with Crippen molar-refractivity contribution >= 4 is 11.6 Å². The average Bonchev–Trinajstić information content (AvgIpc) is 2.70. The van der Waals surface area contributed by atoms with Crippen molar-refractivity contribution in [2.75, 3.05) is 38.2 Å². The molecule has 1 N–H and O–H groups in total. The molecule has 1 aliphatic carbocycles. The highest BCUT2D eigenvalue weighted by atomic mass is 16.5. The van der Waals surface area contributed by atoms with Crippen LogP contribution in [0.1, 0.15) is 58.8 Å². The van der Waals surface area contributed by atoms with Gasteiger partial charge in [-0.05, 0) is 69.3 Å². The molecule has 0 spiro atoms. The Balaban J connectivity index is 1.47. The lowest BCUT2D eigenvalue weighted by molar-refractivity contribution is -0.145. The molecule has 1 amide bonds. The van der Waals surface area contributed by atoms with Crippen LogP contribution in [0.5, 0.6) is 5.75 Å². The number of rotatable bonds is 8. The summed E-state index contributed by atoms with van der Waals surface area (Å²) in [6.07, 6.45) is 7.54. The summed E-state index contributed by atoms with van der Waals surface area (Å²) in [5.41, 5.74) is 0.139. The topological polar surface area (TPSA) is 50.8 Å². The lowest BCUT2D eigenvalue weighted by Gasteiger charge is -2.35. The Morgan fingerprint density at radius 1 is 1.18 bits per heavy atom. The fourth-order valence-electron chi connectivity index (χ4n) is 4.50. The lowest BCUT2D eigenvalue weighted by Crippen LogP contribution is -2.47. The summed E-state index contributed by atoms with van der Waals surface area (Å²) in [5, 5.41) is 3.05. The molecule has 156 valence electrons. The predicted octanol–water partition coefficient (Wildman–Crippen LogP) is 4.48. The molecule has 3 rings (SSSR count). The van der Waals surface area contributed by atoms with E-state index < -0.39 is 5.60 Å². The van der Waals surface area contributed by atoms with Gasteiger partial charge in [-0.25, -0.2) is 0 Å². The largest absolute Gasteiger partial charge is 0.492 e. The van der Waals surface area contributed by atoms with Crippen LogP contribution in [-0.4, -0.2) is 49.3 Å². The maximum Gasteiger partial charge on any atom is 0.256 e. The van der Waals surface area contributed by atoms with Crippen LogP contribution in [0, 0.1) is 5.92 Å². The van der Waals surface area contributed by atoms with Crippen molar-refractivity contribution in [3.05, 3.63) is 24.3 Å². The molecule has 28 heavy (non-hydrogen) atoms. The number of ether oxygens (including phenoxy) is 2. The van der Waals surface area contributed by atoms with E-state index in [0.717, 1.165) is 49.6 Å². The average molecular weight is 389 g/mol. The quantitative estimate of drug-likeness (QED) is 0.714. The summed E-state index contributed by atoms with van der Waals surface area (Å²) in [5.74, 6) is 1.63. The summed E-state index contributed by atoms with van der Waals surface area (Å²) in [6.45, 7) is 8.88. The number of likely N-dealkylation sites (tertiary alicyclic amines) is 1. The second-order valence-corrected chi connectivity index (χ2v) is 8.36. The molecule has 0 unspecified atom stereocenters. The Morgan fingerprint density at radius 3 is 2.61 bits per heavy atom. The third-order valence-electron chi connectivity index (χ3n) is 6.03. The maximum atomic E-state index is 12.9. The van der Waals surface area contributed by atoms with Crippen molar-refractivity contribution in [3.8, 4) is 5.75 Å². The van der Waals surface area contributed by atoms with Gasteiger partial charge in [0, 0.05) is 25.4 Å². The SMILES string of the molecule is CCOC1(C(=O)Nc2ccc(OCCN3CCC[C@H](C)C3)cc2)CCCCC1. The third-order valence-corrected chi connectivity index (χ3v) is 6.03. The van der Waals surface area contributed by atoms with E-state index in [-0.39, 0.29) is 5.91 Å². The zero-order valence-electron chi connectivity index (χ0n) is 17.5. The summed E-state index contributed by atoms with van der Waals surface area (Å²) in [4.78, 5) is 15.4. The van der Waals surface area contributed by atoms with Crippen LogP contribution < -0.4 is 10.1 Å². The number of amides is 1. The fraction of sp³-hybridized carbons (Fsp3) is 0.696. The first-order valence-corrected chi connectivity index (χ1v) is 11.0. The molecule has 5 heteroatoms. The molecule has 0 aromatic heterocycles. The van der Waals surface area contributed by atoms with Crippen molar-refractivity contribution in [2.24, 2.45) is 5.92 Å². The van der Waals surface area contributed by atoms with E-state index in [1.54, 1.807) is 0 Å². The number of piperidine rings is 1. The summed E-state index contributed by atoms with van der Waals surface area (Å²) in [6, 6.07) is 7.70. The number of nitrogens with zero attached hydrogens (tertiary/aromatic N) is 1. The molecule has 1 heterocycles. The lowest BCUT2D eigenvalue weighted by atomic mass is 9.83. The Morgan fingerprint density at radius 2 is 1.93 bits per heavy atom. The zero-order valence-corrected chi connectivity index (χ0v) is 17.5. The number of carbonyl (C=O) groups is 1. The Kier molecular flexibility index (Phi) is 7.74. The molecule has 0 radical (unpaired) electrons. The van der Waals surface area contributed by atoms with Crippen LogP contribution in [0.25, 0.3) is 0 Å². The van der Waals surface area contributed by atoms with E-state index in [1.807, 2.05) is 31.2 Å². The molecule has 2 aliphatic rings. The van der Waals surface area contributed by atoms with Crippen molar-refractivity contribution in [2.45, 2.75) is 64.4 Å². The van der Waals surface area contributed by atoms with Crippen LogP contribution in [0.15, 0.2) is 24.3 Å². The Bertz CT molecular complexity index is 605. The zero-order chi connectivity index (χ0) is 19.8. The normalized spacial score (nSPS) is 22.6. The van der Waals surface area contributed by atoms with Crippen LogP contribution in [-0.2, 0) is 9.53 Å². The standard InChI is InChI=1S/C23H36N2O3/c1-3-28-23(13-5-4-6-14-23)22(26)24-20-9-11-21(12-10-20)27-17-16-25-15-7-8-19(2)18-25/h9-12,19H,3-8,13-18H2,1-2H3,(H,24,26)/t19-/m0/s1. The minimum absolute atomic E-state index is 0.0121. The van der Waals surface area contributed by atoms with Crippen LogP contribution >= 0.6 is 0 Å². The van der Waals surface area contributed by atoms with Crippen LogP contribution in [0.2, 0.25) is 0 Å². The summed E-state index contributed by atoms with van der Waals surface area (Å²) in [7, 11) is 0. The van der Waals surface area contributed by atoms with E-state index in [1.165, 1.54) is 32.4 Å². The van der Waals surface area contributed by atoms with E-state index >= 15 is 0 Å². The number of hydrogen-bond acceptors (Lipinski definition) is 4. The molecular formula is C23H36N2O3. The smallest absolute Gasteiger partial charge is 0.256 e. The van der Waals surface area contributed by atoms with Gasteiger partial charge >= 0.3 is 0 Å². The van der Waals surface area contributed by atoms with E-state index in [9.17, 15) is 4.79 Å². The second kappa shape index (κ2) is 10.3. The van der Waals surface area contributed by atoms with Gasteiger partial charge in [0.15, 0.2) is 0 Å². The van der Waals surface area contributed by atoms with Crippen LogP contribution in [0.3, 0.4) is 0 Å². The molecule has 0 bridgehead atoms.